The highest BCUT2D eigenvalue weighted by Crippen LogP contribution is 2.24. The highest BCUT2D eigenvalue weighted by atomic mass is 35.5. The molecule has 7 heteroatoms. The Labute approximate surface area is 133 Å². The van der Waals surface area contributed by atoms with Gasteiger partial charge in [0.2, 0.25) is 0 Å². The maximum atomic E-state index is 12.5. The number of hydrogen-bond acceptors (Lipinski definition) is 3. The van der Waals surface area contributed by atoms with Gasteiger partial charge in [-0.25, -0.2) is 13.2 Å². The maximum absolute atomic E-state index is 12.5. The third kappa shape index (κ3) is 3.40. The van der Waals surface area contributed by atoms with Gasteiger partial charge in [-0.3, -0.25) is 4.72 Å². The molecule has 0 aliphatic rings. The molecule has 0 aliphatic carbocycles. The molecule has 116 valence electrons. The largest absolute Gasteiger partial charge is 0.478 e. The first-order valence-corrected chi connectivity index (χ1v) is 8.20. The van der Waals surface area contributed by atoms with Crippen molar-refractivity contribution in [2.45, 2.75) is 18.7 Å². The Balaban J connectivity index is 2.50. The SMILES string of the molecule is Cc1cc(C)c(S(=O)(=O)Nc2cccc(Cl)c2)cc1C(=O)O. The fraction of sp³-hybridized carbons (Fsp3) is 0.133. The molecule has 2 N–H and O–H groups in total. The number of carbonyl (C=O) groups is 1. The second-order valence-corrected chi connectivity index (χ2v) is 6.94. The normalized spacial score (nSPS) is 11.2. The minimum atomic E-state index is -3.91. The fourth-order valence-corrected chi connectivity index (χ4v) is 3.61. The number of aryl methyl sites for hydroxylation is 2. The monoisotopic (exact) mass is 339 g/mol. The number of aromatic carboxylic acids is 1. The molecular weight excluding hydrogens is 326 g/mol. The Morgan fingerprint density at radius 1 is 1.14 bits per heavy atom. The van der Waals surface area contributed by atoms with Gasteiger partial charge >= 0.3 is 5.97 Å². The van der Waals surface area contributed by atoms with Crippen LogP contribution in [0.2, 0.25) is 5.02 Å². The van der Waals surface area contributed by atoms with Crippen LogP contribution in [0.5, 0.6) is 0 Å². The average Bonchev–Trinajstić information content (AvgIpc) is 2.37. The Kier molecular flexibility index (Phi) is 4.44. The number of carboxylic acids is 1. The van der Waals surface area contributed by atoms with Gasteiger partial charge in [-0.15, -0.1) is 0 Å². The molecule has 0 aliphatic heterocycles. The highest BCUT2D eigenvalue weighted by Gasteiger charge is 2.20. The fourth-order valence-electron chi connectivity index (χ4n) is 2.11. The van der Waals surface area contributed by atoms with E-state index in [1.165, 1.54) is 18.2 Å². The molecule has 0 radical (unpaired) electrons. The van der Waals surface area contributed by atoms with Gasteiger partial charge in [0, 0.05) is 5.02 Å². The zero-order valence-electron chi connectivity index (χ0n) is 11.9. The zero-order chi connectivity index (χ0) is 16.5. The van der Waals surface area contributed by atoms with E-state index in [0.29, 0.717) is 21.8 Å². The Bertz CT molecular complexity index is 847. The number of carboxylic acid groups (broad SMARTS) is 1. The van der Waals surface area contributed by atoms with Crippen molar-refractivity contribution in [3.8, 4) is 0 Å². The van der Waals surface area contributed by atoms with Crippen LogP contribution in [0, 0.1) is 13.8 Å². The van der Waals surface area contributed by atoms with Crippen LogP contribution >= 0.6 is 11.6 Å². The number of sulfonamides is 1. The van der Waals surface area contributed by atoms with E-state index in [0.717, 1.165) is 0 Å². The first kappa shape index (κ1) is 16.3. The summed E-state index contributed by atoms with van der Waals surface area (Å²) >= 11 is 5.83. The van der Waals surface area contributed by atoms with Gasteiger partial charge in [0.25, 0.3) is 10.0 Å². The standard InChI is InChI=1S/C15H14ClNO4S/c1-9-6-10(2)14(8-13(9)15(18)19)22(20,21)17-12-5-3-4-11(16)7-12/h3-8,17H,1-2H3,(H,18,19). The van der Waals surface area contributed by atoms with Crippen molar-refractivity contribution in [3.05, 3.63) is 58.1 Å². The molecule has 2 aromatic carbocycles. The highest BCUT2D eigenvalue weighted by molar-refractivity contribution is 7.92. The molecule has 2 aromatic rings. The summed E-state index contributed by atoms with van der Waals surface area (Å²) in [6, 6.07) is 8.98. The summed E-state index contributed by atoms with van der Waals surface area (Å²) in [4.78, 5) is 11.1. The van der Waals surface area contributed by atoms with Crippen molar-refractivity contribution >= 4 is 33.3 Å². The predicted octanol–water partition coefficient (Wildman–Crippen LogP) is 3.46. The molecule has 0 saturated heterocycles. The van der Waals surface area contributed by atoms with E-state index in [9.17, 15) is 13.2 Å². The molecule has 0 saturated carbocycles. The van der Waals surface area contributed by atoms with Crippen LogP contribution in [0.3, 0.4) is 0 Å². The van der Waals surface area contributed by atoms with Crippen molar-refractivity contribution in [1.82, 2.24) is 0 Å². The zero-order valence-corrected chi connectivity index (χ0v) is 13.5. The number of anilines is 1. The van der Waals surface area contributed by atoms with Gasteiger partial charge in [-0.2, -0.15) is 0 Å². The van der Waals surface area contributed by atoms with E-state index in [1.54, 1.807) is 32.0 Å². The molecule has 0 amide bonds. The summed E-state index contributed by atoms with van der Waals surface area (Å²) in [6.45, 7) is 3.24. The number of nitrogens with one attached hydrogen (secondary N) is 1. The minimum absolute atomic E-state index is 0.0444. The lowest BCUT2D eigenvalue weighted by Crippen LogP contribution is -2.15. The average molecular weight is 340 g/mol. The van der Waals surface area contributed by atoms with E-state index in [2.05, 4.69) is 4.72 Å². The molecule has 5 nitrogen and oxygen atoms in total. The lowest BCUT2D eigenvalue weighted by molar-refractivity contribution is 0.0696. The predicted molar refractivity (Wildman–Crippen MR) is 85.1 cm³/mol. The summed E-state index contributed by atoms with van der Waals surface area (Å²) in [5, 5.41) is 9.54. The lowest BCUT2D eigenvalue weighted by atomic mass is 10.1. The van der Waals surface area contributed by atoms with Crippen LogP contribution in [0.1, 0.15) is 21.5 Å². The molecule has 2 rings (SSSR count). The number of benzene rings is 2. The first-order valence-electron chi connectivity index (χ1n) is 6.33. The number of hydrogen-bond donors (Lipinski definition) is 2. The van der Waals surface area contributed by atoms with Crippen LogP contribution in [0.15, 0.2) is 41.3 Å². The smallest absolute Gasteiger partial charge is 0.335 e. The van der Waals surface area contributed by atoms with Gasteiger partial charge in [-0.1, -0.05) is 23.7 Å². The van der Waals surface area contributed by atoms with E-state index in [4.69, 9.17) is 16.7 Å². The molecule has 0 spiro atoms. The van der Waals surface area contributed by atoms with E-state index in [1.807, 2.05) is 0 Å². The Morgan fingerprint density at radius 2 is 1.82 bits per heavy atom. The third-order valence-corrected chi connectivity index (χ3v) is 4.88. The Hall–Kier alpha value is -2.05. The number of rotatable bonds is 4. The first-order chi connectivity index (χ1) is 10.2. The summed E-state index contributed by atoms with van der Waals surface area (Å²) in [7, 11) is -3.91. The van der Waals surface area contributed by atoms with Gasteiger partial charge in [-0.05, 0) is 49.2 Å². The lowest BCUT2D eigenvalue weighted by Gasteiger charge is -2.12. The van der Waals surface area contributed by atoms with Gasteiger partial charge in [0.15, 0.2) is 0 Å². The van der Waals surface area contributed by atoms with Crippen LogP contribution in [0.4, 0.5) is 5.69 Å². The maximum Gasteiger partial charge on any atom is 0.335 e. The quantitative estimate of drug-likeness (QED) is 0.893. The van der Waals surface area contributed by atoms with Crippen molar-refractivity contribution in [2.75, 3.05) is 4.72 Å². The van der Waals surface area contributed by atoms with Crippen molar-refractivity contribution in [3.63, 3.8) is 0 Å². The molecule has 22 heavy (non-hydrogen) atoms. The van der Waals surface area contributed by atoms with Gasteiger partial charge in [0.1, 0.15) is 0 Å². The van der Waals surface area contributed by atoms with Crippen molar-refractivity contribution in [2.24, 2.45) is 0 Å². The van der Waals surface area contributed by atoms with Crippen LogP contribution in [-0.4, -0.2) is 19.5 Å². The molecule has 0 bridgehead atoms. The molecule has 0 fully saturated rings. The van der Waals surface area contributed by atoms with Crippen LogP contribution in [-0.2, 0) is 10.0 Å². The summed E-state index contributed by atoms with van der Waals surface area (Å²) in [5.41, 5.74) is 1.24. The Morgan fingerprint density at radius 3 is 2.41 bits per heavy atom. The molecule has 0 aromatic heterocycles. The second kappa shape index (κ2) is 5.98. The summed E-state index contributed by atoms with van der Waals surface area (Å²) in [5.74, 6) is -1.17. The van der Waals surface area contributed by atoms with Crippen molar-refractivity contribution in [1.29, 1.82) is 0 Å². The van der Waals surface area contributed by atoms with Crippen LogP contribution < -0.4 is 4.72 Å². The molecular formula is C15H14ClNO4S. The van der Waals surface area contributed by atoms with E-state index < -0.39 is 16.0 Å². The molecule has 0 atom stereocenters. The topological polar surface area (TPSA) is 83.5 Å². The van der Waals surface area contributed by atoms with E-state index in [-0.39, 0.29) is 10.5 Å². The summed E-state index contributed by atoms with van der Waals surface area (Å²) < 4.78 is 27.3. The number of halogens is 1. The van der Waals surface area contributed by atoms with Crippen LogP contribution in [0.25, 0.3) is 0 Å². The van der Waals surface area contributed by atoms with Gasteiger partial charge in [0.05, 0.1) is 16.1 Å². The van der Waals surface area contributed by atoms with E-state index >= 15 is 0 Å². The third-order valence-electron chi connectivity index (χ3n) is 3.12. The second-order valence-electron chi connectivity index (χ2n) is 4.85. The molecule has 0 heterocycles. The van der Waals surface area contributed by atoms with Crippen molar-refractivity contribution < 1.29 is 18.3 Å². The molecule has 0 unspecified atom stereocenters. The summed E-state index contributed by atoms with van der Waals surface area (Å²) in [6.07, 6.45) is 0. The minimum Gasteiger partial charge on any atom is -0.478 e. The van der Waals surface area contributed by atoms with Gasteiger partial charge < -0.3 is 5.11 Å².